The van der Waals surface area contributed by atoms with Crippen molar-refractivity contribution in [3.8, 4) is 0 Å². The Labute approximate surface area is 173 Å². The number of anilines is 3. The summed E-state index contributed by atoms with van der Waals surface area (Å²) in [5.74, 6) is -0.473. The van der Waals surface area contributed by atoms with Crippen molar-refractivity contribution in [2.45, 2.75) is 6.54 Å². The molecule has 8 nitrogen and oxygen atoms in total. The monoisotopic (exact) mass is 405 g/mol. The number of ether oxygens (including phenoxy) is 1. The minimum Gasteiger partial charge on any atom is -0.379 e. The number of benzene rings is 1. The average molecular weight is 405 g/mol. The van der Waals surface area contributed by atoms with Crippen LogP contribution in [0.4, 0.5) is 17.1 Å². The first kappa shape index (κ1) is 19.7. The molecule has 0 aliphatic carbocycles. The Balaban J connectivity index is 1.51. The zero-order valence-electron chi connectivity index (χ0n) is 16.4. The molecule has 3 aromatic rings. The molecule has 4 rings (SSSR count). The Morgan fingerprint density at radius 1 is 1.13 bits per heavy atom. The molecule has 0 atom stereocenters. The Morgan fingerprint density at radius 2 is 2.00 bits per heavy atom. The van der Waals surface area contributed by atoms with Crippen molar-refractivity contribution in [3.63, 3.8) is 0 Å². The Bertz CT molecular complexity index is 1060. The first-order valence-corrected chi connectivity index (χ1v) is 9.80. The molecule has 1 aliphatic heterocycles. The predicted molar refractivity (Wildman–Crippen MR) is 116 cm³/mol. The van der Waals surface area contributed by atoms with Crippen LogP contribution in [0.15, 0.2) is 65.7 Å². The standard InChI is InChI=1S/C22H23N5O3/c28-21-20(19(7-9-24-21)25-15-17-4-1-2-8-23-17)22(29)26-16-5-3-6-18(14-16)27-10-12-30-13-11-27/h1-9,14H,10-13,15H2,(H,26,29)(H2,24,25,28). The van der Waals surface area contributed by atoms with Crippen molar-refractivity contribution in [2.75, 3.05) is 41.8 Å². The zero-order valence-corrected chi connectivity index (χ0v) is 16.4. The van der Waals surface area contributed by atoms with Crippen LogP contribution in [0.2, 0.25) is 0 Å². The van der Waals surface area contributed by atoms with Gasteiger partial charge in [-0.3, -0.25) is 14.6 Å². The van der Waals surface area contributed by atoms with Crippen LogP contribution in [0, 0.1) is 0 Å². The number of hydrogen-bond donors (Lipinski definition) is 3. The first-order valence-electron chi connectivity index (χ1n) is 9.80. The zero-order chi connectivity index (χ0) is 20.8. The highest BCUT2D eigenvalue weighted by Gasteiger charge is 2.17. The van der Waals surface area contributed by atoms with Gasteiger partial charge in [0.2, 0.25) is 0 Å². The lowest BCUT2D eigenvalue weighted by molar-refractivity contribution is 0.102. The second-order valence-electron chi connectivity index (χ2n) is 6.87. The molecule has 0 spiro atoms. The van der Waals surface area contributed by atoms with Gasteiger partial charge in [-0.15, -0.1) is 0 Å². The number of morpholine rings is 1. The maximum Gasteiger partial charge on any atom is 0.263 e. The Hall–Kier alpha value is -3.65. The van der Waals surface area contributed by atoms with Gasteiger partial charge in [0.25, 0.3) is 11.5 Å². The number of amides is 1. The molecule has 8 heteroatoms. The first-order chi connectivity index (χ1) is 14.7. The van der Waals surface area contributed by atoms with Gasteiger partial charge in [0.05, 0.1) is 31.1 Å². The summed E-state index contributed by atoms with van der Waals surface area (Å²) in [5.41, 5.74) is 2.47. The van der Waals surface area contributed by atoms with Gasteiger partial charge >= 0.3 is 0 Å². The average Bonchev–Trinajstić information content (AvgIpc) is 2.79. The molecule has 3 N–H and O–H groups in total. The molecule has 1 amide bonds. The number of hydrogen-bond acceptors (Lipinski definition) is 6. The van der Waals surface area contributed by atoms with Gasteiger partial charge in [0.1, 0.15) is 5.56 Å². The van der Waals surface area contributed by atoms with E-state index in [-0.39, 0.29) is 5.56 Å². The van der Waals surface area contributed by atoms with E-state index in [0.717, 1.165) is 24.5 Å². The highest BCUT2D eigenvalue weighted by atomic mass is 16.5. The highest BCUT2D eigenvalue weighted by Crippen LogP contribution is 2.21. The molecule has 0 bridgehead atoms. The van der Waals surface area contributed by atoms with Crippen LogP contribution < -0.4 is 21.1 Å². The number of carbonyl (C=O) groups excluding carboxylic acids is 1. The molecule has 0 radical (unpaired) electrons. The molecule has 1 fully saturated rings. The maximum absolute atomic E-state index is 12.9. The summed E-state index contributed by atoms with van der Waals surface area (Å²) in [4.78, 5) is 34.4. The van der Waals surface area contributed by atoms with E-state index < -0.39 is 11.5 Å². The van der Waals surface area contributed by atoms with Gasteiger partial charge in [0, 0.05) is 36.9 Å². The van der Waals surface area contributed by atoms with E-state index in [1.54, 1.807) is 18.3 Å². The van der Waals surface area contributed by atoms with E-state index in [0.29, 0.717) is 31.1 Å². The lowest BCUT2D eigenvalue weighted by Crippen LogP contribution is -2.36. The fourth-order valence-electron chi connectivity index (χ4n) is 3.34. The van der Waals surface area contributed by atoms with E-state index in [1.807, 2.05) is 36.4 Å². The maximum atomic E-state index is 12.9. The number of nitrogens with zero attached hydrogens (tertiary/aromatic N) is 2. The summed E-state index contributed by atoms with van der Waals surface area (Å²) < 4.78 is 5.39. The third-order valence-electron chi connectivity index (χ3n) is 4.85. The third kappa shape index (κ3) is 4.66. The Kier molecular flexibility index (Phi) is 6.05. The molecule has 30 heavy (non-hydrogen) atoms. The van der Waals surface area contributed by atoms with Crippen molar-refractivity contribution in [1.29, 1.82) is 0 Å². The molecule has 1 aliphatic rings. The molecular formula is C22H23N5O3. The second kappa shape index (κ2) is 9.23. The molecule has 154 valence electrons. The number of aromatic nitrogens is 2. The Morgan fingerprint density at radius 3 is 2.80 bits per heavy atom. The van der Waals surface area contributed by atoms with Crippen LogP contribution in [-0.4, -0.2) is 42.2 Å². The molecule has 1 aromatic carbocycles. The van der Waals surface area contributed by atoms with Crippen molar-refractivity contribution in [1.82, 2.24) is 9.97 Å². The SMILES string of the molecule is O=C(Nc1cccc(N2CCOCC2)c1)c1c(NCc2ccccn2)cc[nH]c1=O. The fourth-order valence-corrected chi connectivity index (χ4v) is 3.34. The molecule has 1 saturated heterocycles. The summed E-state index contributed by atoms with van der Waals surface area (Å²) in [7, 11) is 0. The number of H-pyrrole nitrogens is 1. The largest absolute Gasteiger partial charge is 0.379 e. The van der Waals surface area contributed by atoms with Gasteiger partial charge in [-0.2, -0.15) is 0 Å². The van der Waals surface area contributed by atoms with Crippen molar-refractivity contribution < 1.29 is 9.53 Å². The number of rotatable bonds is 6. The van der Waals surface area contributed by atoms with Crippen LogP contribution in [-0.2, 0) is 11.3 Å². The minimum absolute atomic E-state index is 0.0326. The smallest absolute Gasteiger partial charge is 0.263 e. The topological polar surface area (TPSA) is 99.3 Å². The summed E-state index contributed by atoms with van der Waals surface area (Å²) >= 11 is 0. The lowest BCUT2D eigenvalue weighted by Gasteiger charge is -2.29. The van der Waals surface area contributed by atoms with Crippen LogP contribution in [0.3, 0.4) is 0 Å². The number of nitrogens with one attached hydrogen (secondary N) is 3. The van der Waals surface area contributed by atoms with Crippen molar-refractivity contribution in [2.24, 2.45) is 0 Å². The van der Waals surface area contributed by atoms with Crippen LogP contribution >= 0.6 is 0 Å². The third-order valence-corrected chi connectivity index (χ3v) is 4.85. The van der Waals surface area contributed by atoms with Gasteiger partial charge < -0.3 is 25.3 Å². The molecule has 3 heterocycles. The highest BCUT2D eigenvalue weighted by molar-refractivity contribution is 6.07. The normalized spacial score (nSPS) is 13.7. The lowest BCUT2D eigenvalue weighted by atomic mass is 10.2. The van der Waals surface area contributed by atoms with E-state index >= 15 is 0 Å². The van der Waals surface area contributed by atoms with Gasteiger partial charge in [-0.25, -0.2) is 0 Å². The molecule has 0 unspecified atom stereocenters. The number of carbonyl (C=O) groups is 1. The van der Waals surface area contributed by atoms with Crippen LogP contribution in [0.25, 0.3) is 0 Å². The molecular weight excluding hydrogens is 382 g/mol. The number of aromatic amines is 1. The quantitative estimate of drug-likeness (QED) is 0.583. The fraction of sp³-hybridized carbons (Fsp3) is 0.227. The molecule has 0 saturated carbocycles. The predicted octanol–water partition coefficient (Wildman–Crippen LogP) is 2.47. The number of pyridine rings is 2. The summed E-state index contributed by atoms with van der Waals surface area (Å²) in [6.45, 7) is 3.37. The van der Waals surface area contributed by atoms with E-state index in [4.69, 9.17) is 4.74 Å². The van der Waals surface area contributed by atoms with Gasteiger partial charge in [-0.05, 0) is 36.4 Å². The van der Waals surface area contributed by atoms with Gasteiger partial charge in [-0.1, -0.05) is 12.1 Å². The second-order valence-corrected chi connectivity index (χ2v) is 6.87. The van der Waals surface area contributed by atoms with E-state index in [9.17, 15) is 9.59 Å². The van der Waals surface area contributed by atoms with Crippen molar-refractivity contribution in [3.05, 3.63) is 82.5 Å². The summed E-state index contributed by atoms with van der Waals surface area (Å²) in [5, 5.41) is 5.98. The summed E-state index contributed by atoms with van der Waals surface area (Å²) in [6, 6.07) is 14.9. The summed E-state index contributed by atoms with van der Waals surface area (Å²) in [6.07, 6.45) is 3.21. The van der Waals surface area contributed by atoms with E-state index in [2.05, 4.69) is 25.5 Å². The van der Waals surface area contributed by atoms with Crippen LogP contribution in [0.1, 0.15) is 16.1 Å². The van der Waals surface area contributed by atoms with E-state index in [1.165, 1.54) is 6.20 Å². The minimum atomic E-state index is -0.473. The van der Waals surface area contributed by atoms with Crippen LogP contribution in [0.5, 0.6) is 0 Å². The molecule has 2 aromatic heterocycles. The van der Waals surface area contributed by atoms with Crippen molar-refractivity contribution >= 4 is 23.0 Å². The van der Waals surface area contributed by atoms with Gasteiger partial charge in [0.15, 0.2) is 0 Å².